The first-order valence-electron chi connectivity index (χ1n) is 4.23. The van der Waals surface area contributed by atoms with Crippen LogP contribution < -0.4 is 0 Å². The number of fused-ring (bicyclic) bond motifs is 3. The van der Waals surface area contributed by atoms with Gasteiger partial charge in [-0.1, -0.05) is 29.7 Å². The molecule has 1 nitrogen and oxygen atoms in total. The minimum Gasteiger partial charge on any atom is -0.354 e. The zero-order valence-corrected chi connectivity index (χ0v) is 6.96. The van der Waals surface area contributed by atoms with E-state index in [9.17, 15) is 0 Å². The Morgan fingerprint density at radius 1 is 1.00 bits per heavy atom. The molecule has 2 aromatic rings. The van der Waals surface area contributed by atoms with Gasteiger partial charge in [0.1, 0.15) is 0 Å². The zero-order valence-electron chi connectivity index (χ0n) is 6.96. The van der Waals surface area contributed by atoms with Crippen LogP contribution in [0.2, 0.25) is 0 Å². The van der Waals surface area contributed by atoms with E-state index in [1.54, 1.807) is 0 Å². The second-order valence-electron chi connectivity index (χ2n) is 3.08. The van der Waals surface area contributed by atoms with Crippen molar-refractivity contribution < 1.29 is 0 Å². The van der Waals surface area contributed by atoms with Crippen molar-refractivity contribution >= 4 is 23.1 Å². The van der Waals surface area contributed by atoms with Crippen LogP contribution in [0.4, 0.5) is 0 Å². The minimum atomic E-state index is 1.12. The molecule has 3 rings (SSSR count). The van der Waals surface area contributed by atoms with Gasteiger partial charge in [0.2, 0.25) is 0 Å². The number of benzene rings is 1. The third kappa shape index (κ3) is 0.830. The number of nitrogens with one attached hydrogen (secondary N) is 1. The van der Waals surface area contributed by atoms with Crippen LogP contribution in [-0.2, 0) is 0 Å². The van der Waals surface area contributed by atoms with Gasteiger partial charge in [-0.2, -0.15) is 0 Å². The Kier molecular flexibility index (Phi) is 1.15. The number of hydrogen-bond acceptors (Lipinski definition) is 0. The summed E-state index contributed by atoms with van der Waals surface area (Å²) in [6, 6.07) is 8.27. The van der Waals surface area contributed by atoms with Crippen LogP contribution in [0.3, 0.4) is 0 Å². The van der Waals surface area contributed by atoms with Gasteiger partial charge in [0.25, 0.3) is 0 Å². The third-order valence-corrected chi connectivity index (χ3v) is 2.29. The fraction of sp³-hybridized carbons (Fsp3) is 0. The van der Waals surface area contributed by atoms with Gasteiger partial charge in [-0.3, -0.25) is 0 Å². The molecule has 13 heavy (non-hydrogen) atoms. The summed E-state index contributed by atoms with van der Waals surface area (Å²) < 4.78 is 0. The molecule has 1 aliphatic rings. The van der Waals surface area contributed by atoms with Gasteiger partial charge in [0.05, 0.1) is 5.69 Å². The highest BCUT2D eigenvalue weighted by Gasteiger charge is 2.06. The summed E-state index contributed by atoms with van der Waals surface area (Å²) in [5.74, 6) is 0. The molecule has 0 fully saturated rings. The van der Waals surface area contributed by atoms with Gasteiger partial charge >= 0.3 is 0 Å². The van der Waals surface area contributed by atoms with Crippen LogP contribution in [0.1, 0.15) is 11.3 Å². The van der Waals surface area contributed by atoms with E-state index in [-0.39, 0.29) is 0 Å². The second kappa shape index (κ2) is 2.27. The van der Waals surface area contributed by atoms with Gasteiger partial charge in [-0.25, -0.2) is 0 Å². The van der Waals surface area contributed by atoms with Crippen molar-refractivity contribution in [1.29, 1.82) is 0 Å². The summed E-state index contributed by atoms with van der Waals surface area (Å²) in [7, 11) is 0. The lowest BCUT2D eigenvalue weighted by Crippen LogP contribution is -1.75. The quantitative estimate of drug-likeness (QED) is 0.493. The molecule has 0 radical (unpaired) electrons. The van der Waals surface area contributed by atoms with Crippen molar-refractivity contribution in [3.63, 3.8) is 0 Å². The molecule has 1 heterocycles. The lowest BCUT2D eigenvalue weighted by Gasteiger charge is -1.91. The topological polar surface area (TPSA) is 15.8 Å². The molecular formula is C12H7N. The number of H-pyrrole nitrogens is 1. The Labute approximate surface area is 75.7 Å². The van der Waals surface area contributed by atoms with E-state index >= 15 is 0 Å². The second-order valence-corrected chi connectivity index (χ2v) is 3.08. The van der Waals surface area contributed by atoms with Crippen LogP contribution in [0.25, 0.3) is 23.1 Å². The monoisotopic (exact) mass is 165 g/mol. The van der Waals surface area contributed by atoms with Gasteiger partial charge in [-0.05, 0) is 12.1 Å². The van der Waals surface area contributed by atoms with Crippen LogP contribution in [0, 0.1) is 0 Å². The Hall–Kier alpha value is -1.94. The van der Waals surface area contributed by atoms with Gasteiger partial charge < -0.3 is 4.98 Å². The molecule has 1 aromatic carbocycles. The Morgan fingerprint density at radius 2 is 1.85 bits per heavy atom. The number of aromatic nitrogens is 1. The van der Waals surface area contributed by atoms with Crippen molar-refractivity contribution in [3.8, 4) is 0 Å². The van der Waals surface area contributed by atoms with Crippen molar-refractivity contribution in [3.05, 3.63) is 47.0 Å². The third-order valence-electron chi connectivity index (χ3n) is 2.29. The lowest BCUT2D eigenvalue weighted by molar-refractivity contribution is 1.42. The summed E-state index contributed by atoms with van der Waals surface area (Å²) in [6.07, 6.45) is 3.89. The highest BCUT2D eigenvalue weighted by atomic mass is 14.7. The SMILES string of the molecule is C1=C=Cc2c([nH]c3ccccc23)C=1. The number of hydrogen-bond donors (Lipinski definition) is 1. The lowest BCUT2D eigenvalue weighted by atomic mass is 10.1. The molecule has 0 saturated heterocycles. The fourth-order valence-electron chi connectivity index (χ4n) is 1.68. The summed E-state index contributed by atoms with van der Waals surface area (Å²) in [5, 5.41) is 1.25. The Balaban J connectivity index is 2.53. The Morgan fingerprint density at radius 3 is 2.85 bits per heavy atom. The fourth-order valence-corrected chi connectivity index (χ4v) is 1.68. The molecule has 1 N–H and O–H groups in total. The van der Waals surface area contributed by atoms with E-state index in [1.807, 2.05) is 24.3 Å². The zero-order chi connectivity index (χ0) is 8.67. The molecule has 0 spiro atoms. The van der Waals surface area contributed by atoms with Crippen LogP contribution >= 0.6 is 0 Å². The average molecular weight is 165 g/mol. The first-order valence-corrected chi connectivity index (χ1v) is 4.23. The maximum absolute atomic E-state index is 3.33. The van der Waals surface area contributed by atoms with E-state index in [0.29, 0.717) is 0 Å². The van der Waals surface area contributed by atoms with E-state index < -0.39 is 0 Å². The minimum absolute atomic E-state index is 1.12. The smallest absolute Gasteiger partial charge is 0.0556 e. The van der Waals surface area contributed by atoms with Crippen molar-refractivity contribution in [2.24, 2.45) is 0 Å². The largest absolute Gasteiger partial charge is 0.354 e. The predicted octanol–water partition coefficient (Wildman–Crippen LogP) is 2.96. The van der Waals surface area contributed by atoms with E-state index in [4.69, 9.17) is 0 Å². The molecule has 60 valence electrons. The average Bonchev–Trinajstić information content (AvgIpc) is 2.56. The maximum atomic E-state index is 3.33. The van der Waals surface area contributed by atoms with Crippen LogP contribution in [-0.4, -0.2) is 4.98 Å². The van der Waals surface area contributed by atoms with Gasteiger partial charge in [0.15, 0.2) is 0 Å². The summed E-state index contributed by atoms with van der Waals surface area (Å²) in [6.45, 7) is 0. The molecule has 0 aliphatic heterocycles. The van der Waals surface area contributed by atoms with Gasteiger partial charge in [-0.15, -0.1) is 0 Å². The van der Waals surface area contributed by atoms with Crippen molar-refractivity contribution in [1.82, 2.24) is 4.98 Å². The van der Waals surface area contributed by atoms with Crippen LogP contribution in [0.15, 0.2) is 35.7 Å². The molecule has 0 bridgehead atoms. The molecule has 0 unspecified atom stereocenters. The predicted molar refractivity (Wildman–Crippen MR) is 54.3 cm³/mol. The number of para-hydroxylation sites is 1. The number of aromatic amines is 1. The maximum Gasteiger partial charge on any atom is 0.0556 e. The van der Waals surface area contributed by atoms with E-state index in [0.717, 1.165) is 5.69 Å². The van der Waals surface area contributed by atoms with Crippen LogP contribution in [0.5, 0.6) is 0 Å². The summed E-state index contributed by atoms with van der Waals surface area (Å²) in [4.78, 5) is 3.33. The van der Waals surface area contributed by atoms with E-state index in [2.05, 4.69) is 28.6 Å². The number of rotatable bonds is 0. The van der Waals surface area contributed by atoms with E-state index in [1.165, 1.54) is 16.5 Å². The molecule has 0 saturated carbocycles. The Bertz CT molecular complexity index is 574. The van der Waals surface area contributed by atoms with Crippen molar-refractivity contribution in [2.45, 2.75) is 0 Å². The normalized spacial score (nSPS) is 12.3. The molecule has 1 aromatic heterocycles. The summed E-state index contributed by atoms with van der Waals surface area (Å²) in [5.41, 5.74) is 9.42. The molecule has 1 aliphatic carbocycles. The first kappa shape index (κ1) is 6.56. The molecular weight excluding hydrogens is 158 g/mol. The molecule has 0 atom stereocenters. The summed E-state index contributed by atoms with van der Waals surface area (Å²) >= 11 is 0. The standard InChI is InChI=1S/C12H7N/c1-3-7-11-9(5-1)10-6-2-4-8-12(10)13-11/h1,3,5-8,13H. The van der Waals surface area contributed by atoms with Gasteiger partial charge in [0, 0.05) is 22.5 Å². The molecule has 1 heteroatoms. The molecule has 0 amide bonds. The van der Waals surface area contributed by atoms with Crippen molar-refractivity contribution in [2.75, 3.05) is 0 Å². The highest BCUT2D eigenvalue weighted by Crippen LogP contribution is 2.25. The first-order chi connectivity index (χ1) is 6.45. The highest BCUT2D eigenvalue weighted by molar-refractivity contribution is 5.93.